The lowest BCUT2D eigenvalue weighted by Crippen LogP contribution is -2.05. The van der Waals surface area contributed by atoms with Crippen LogP contribution in [0.1, 0.15) is 20.9 Å². The van der Waals surface area contributed by atoms with Gasteiger partial charge in [-0.25, -0.2) is 14.8 Å². The minimum Gasteiger partial charge on any atom is -0.478 e. The van der Waals surface area contributed by atoms with E-state index in [0.29, 0.717) is 13.0 Å². The van der Waals surface area contributed by atoms with E-state index in [1.807, 2.05) is 6.92 Å². The highest BCUT2D eigenvalue weighted by Crippen LogP contribution is 2.18. The molecular weight excluding hydrogens is 288 g/mol. The molecule has 0 fully saturated rings. The van der Waals surface area contributed by atoms with Crippen LogP contribution in [0, 0.1) is 6.92 Å². The van der Waals surface area contributed by atoms with Gasteiger partial charge in [-0.2, -0.15) is 0 Å². The van der Waals surface area contributed by atoms with Crippen LogP contribution < -0.4 is 4.74 Å². The number of carbonyl (C=O) groups is 1. The summed E-state index contributed by atoms with van der Waals surface area (Å²) in [5, 5.41) is 9.00. The molecule has 0 aliphatic heterocycles. The maximum Gasteiger partial charge on any atom is 0.335 e. The first-order valence-corrected chi connectivity index (χ1v) is 6.74. The normalized spacial score (nSPS) is 10.4. The van der Waals surface area contributed by atoms with Crippen molar-refractivity contribution in [2.45, 2.75) is 13.3 Å². The molecule has 0 aliphatic carbocycles. The van der Waals surface area contributed by atoms with Crippen molar-refractivity contribution >= 4 is 28.9 Å². The number of aromatic nitrogens is 2. The highest BCUT2D eigenvalue weighted by atomic mass is 35.5. The largest absolute Gasteiger partial charge is 0.478 e. The molecule has 0 unspecified atom stereocenters. The van der Waals surface area contributed by atoms with E-state index < -0.39 is 5.97 Å². The second-order valence-corrected chi connectivity index (χ2v) is 5.11. The molecule has 7 heteroatoms. The highest BCUT2D eigenvalue weighted by molar-refractivity contribution is 7.09. The SMILES string of the molecule is Cc1ncsc1CCOc1cc(C(=O)O)cc(Cl)n1. The minimum absolute atomic E-state index is 0.0592. The Bertz CT molecular complexity index is 600. The highest BCUT2D eigenvalue weighted by Gasteiger charge is 2.09. The lowest BCUT2D eigenvalue weighted by Gasteiger charge is -2.06. The molecule has 0 radical (unpaired) electrons. The second kappa shape index (κ2) is 5.99. The summed E-state index contributed by atoms with van der Waals surface area (Å²) in [6, 6.07) is 2.64. The Balaban J connectivity index is 2.00. The number of thiazole rings is 1. The van der Waals surface area contributed by atoms with Gasteiger partial charge >= 0.3 is 5.97 Å². The molecule has 100 valence electrons. The summed E-state index contributed by atoms with van der Waals surface area (Å²) in [5.41, 5.74) is 2.83. The predicted molar refractivity (Wildman–Crippen MR) is 72.3 cm³/mol. The van der Waals surface area contributed by atoms with Crippen molar-refractivity contribution in [1.29, 1.82) is 0 Å². The van der Waals surface area contributed by atoms with E-state index in [1.165, 1.54) is 12.1 Å². The smallest absolute Gasteiger partial charge is 0.335 e. The Kier molecular flexibility index (Phi) is 4.34. The van der Waals surface area contributed by atoms with Gasteiger partial charge in [0.25, 0.3) is 0 Å². The molecule has 0 spiro atoms. The molecule has 0 aromatic carbocycles. The maximum absolute atomic E-state index is 10.9. The first kappa shape index (κ1) is 13.8. The molecule has 0 saturated carbocycles. The van der Waals surface area contributed by atoms with E-state index in [0.717, 1.165) is 10.6 Å². The third kappa shape index (κ3) is 3.65. The molecule has 1 N–H and O–H groups in total. The van der Waals surface area contributed by atoms with Crippen molar-refractivity contribution in [3.63, 3.8) is 0 Å². The third-order valence-corrected chi connectivity index (χ3v) is 3.63. The second-order valence-electron chi connectivity index (χ2n) is 3.78. The number of ether oxygens (including phenoxy) is 1. The zero-order chi connectivity index (χ0) is 13.8. The van der Waals surface area contributed by atoms with Crippen LogP contribution in [0.5, 0.6) is 5.88 Å². The number of aryl methyl sites for hydroxylation is 1. The van der Waals surface area contributed by atoms with Crippen LogP contribution >= 0.6 is 22.9 Å². The van der Waals surface area contributed by atoms with Gasteiger partial charge in [-0.3, -0.25) is 0 Å². The van der Waals surface area contributed by atoms with Gasteiger partial charge in [-0.05, 0) is 13.0 Å². The van der Waals surface area contributed by atoms with E-state index in [9.17, 15) is 4.79 Å². The van der Waals surface area contributed by atoms with Gasteiger partial charge in [0, 0.05) is 17.4 Å². The van der Waals surface area contributed by atoms with Crippen molar-refractivity contribution in [2.24, 2.45) is 0 Å². The van der Waals surface area contributed by atoms with Crippen molar-refractivity contribution in [3.05, 3.63) is 38.9 Å². The van der Waals surface area contributed by atoms with E-state index in [-0.39, 0.29) is 16.6 Å². The molecule has 2 heterocycles. The average molecular weight is 299 g/mol. The molecule has 0 aliphatic rings. The standard InChI is InChI=1S/C12H11ClN2O3S/c1-7-9(19-6-14-7)2-3-18-11-5-8(12(16)17)4-10(13)15-11/h4-6H,2-3H2,1H3,(H,16,17). The lowest BCUT2D eigenvalue weighted by molar-refractivity contribution is 0.0696. The first-order valence-electron chi connectivity index (χ1n) is 5.49. The molecule has 2 aromatic heterocycles. The van der Waals surface area contributed by atoms with Gasteiger partial charge in [0.1, 0.15) is 5.15 Å². The first-order chi connectivity index (χ1) is 9.06. The van der Waals surface area contributed by atoms with Crippen molar-refractivity contribution in [1.82, 2.24) is 9.97 Å². The molecule has 0 amide bonds. The molecule has 19 heavy (non-hydrogen) atoms. The Morgan fingerprint density at radius 3 is 2.95 bits per heavy atom. The third-order valence-electron chi connectivity index (χ3n) is 2.44. The average Bonchev–Trinajstić information content (AvgIpc) is 2.74. The molecule has 5 nitrogen and oxygen atoms in total. The fourth-order valence-corrected chi connectivity index (χ4v) is 2.45. The number of hydrogen-bond acceptors (Lipinski definition) is 5. The number of rotatable bonds is 5. The van der Waals surface area contributed by atoms with Gasteiger partial charge in [0.05, 0.1) is 23.4 Å². The predicted octanol–water partition coefficient (Wildman–Crippen LogP) is 2.82. The van der Waals surface area contributed by atoms with Gasteiger partial charge < -0.3 is 9.84 Å². The molecular formula is C12H11ClN2O3S. The van der Waals surface area contributed by atoms with Crippen LogP contribution in [0.25, 0.3) is 0 Å². The number of carboxylic acids is 1. The lowest BCUT2D eigenvalue weighted by atomic mass is 10.3. The van der Waals surface area contributed by atoms with E-state index in [2.05, 4.69) is 9.97 Å². The Morgan fingerprint density at radius 2 is 2.32 bits per heavy atom. The van der Waals surface area contributed by atoms with Crippen LogP contribution in [-0.2, 0) is 6.42 Å². The summed E-state index contributed by atoms with van der Waals surface area (Å²) in [6.45, 7) is 2.33. The number of hydrogen-bond donors (Lipinski definition) is 1. The zero-order valence-corrected chi connectivity index (χ0v) is 11.7. The summed E-state index contributed by atoms with van der Waals surface area (Å²) in [6.07, 6.45) is 0.701. The van der Waals surface area contributed by atoms with Crippen molar-refractivity contribution < 1.29 is 14.6 Å². The molecule has 0 bridgehead atoms. The number of nitrogens with zero attached hydrogens (tertiary/aromatic N) is 2. The Hall–Kier alpha value is -1.66. The molecule has 0 atom stereocenters. The van der Waals surface area contributed by atoms with Crippen LogP contribution in [0.15, 0.2) is 17.6 Å². The van der Waals surface area contributed by atoms with Crippen molar-refractivity contribution in [2.75, 3.05) is 6.61 Å². The van der Waals surface area contributed by atoms with Gasteiger partial charge in [-0.1, -0.05) is 11.6 Å². The number of aromatic carboxylic acids is 1. The Labute approximate surface area is 118 Å². The fraction of sp³-hybridized carbons (Fsp3) is 0.250. The molecule has 2 rings (SSSR count). The van der Waals surface area contributed by atoms with Gasteiger partial charge in [0.15, 0.2) is 0 Å². The number of pyridine rings is 1. The van der Waals surface area contributed by atoms with Crippen LogP contribution in [0.2, 0.25) is 5.15 Å². The topological polar surface area (TPSA) is 72.3 Å². The summed E-state index contributed by atoms with van der Waals surface area (Å²) < 4.78 is 5.43. The maximum atomic E-state index is 10.9. The van der Waals surface area contributed by atoms with E-state index in [4.69, 9.17) is 21.4 Å². The van der Waals surface area contributed by atoms with Crippen LogP contribution in [0.3, 0.4) is 0 Å². The zero-order valence-electron chi connectivity index (χ0n) is 10.1. The Morgan fingerprint density at radius 1 is 1.53 bits per heavy atom. The quantitative estimate of drug-likeness (QED) is 0.859. The van der Waals surface area contributed by atoms with E-state index >= 15 is 0 Å². The minimum atomic E-state index is -1.06. The summed E-state index contributed by atoms with van der Waals surface area (Å²) in [5.74, 6) is -0.848. The van der Waals surface area contributed by atoms with Crippen LogP contribution in [0.4, 0.5) is 0 Å². The van der Waals surface area contributed by atoms with Crippen LogP contribution in [-0.4, -0.2) is 27.7 Å². The fourth-order valence-electron chi connectivity index (χ4n) is 1.48. The number of halogens is 1. The van der Waals surface area contributed by atoms with Crippen molar-refractivity contribution in [3.8, 4) is 5.88 Å². The summed E-state index contributed by atoms with van der Waals surface area (Å²) in [7, 11) is 0. The number of carboxylic acid groups (broad SMARTS) is 1. The van der Waals surface area contributed by atoms with E-state index in [1.54, 1.807) is 16.8 Å². The molecule has 2 aromatic rings. The van der Waals surface area contributed by atoms with Gasteiger partial charge in [0.2, 0.25) is 5.88 Å². The summed E-state index contributed by atoms with van der Waals surface area (Å²) >= 11 is 7.30. The van der Waals surface area contributed by atoms with Gasteiger partial charge in [-0.15, -0.1) is 11.3 Å². The summed E-state index contributed by atoms with van der Waals surface area (Å²) in [4.78, 5) is 20.1. The molecule has 0 saturated heterocycles. The monoisotopic (exact) mass is 298 g/mol.